The minimum atomic E-state index is -0.488. The molecule has 0 aliphatic carbocycles. The summed E-state index contributed by atoms with van der Waals surface area (Å²) < 4.78 is 18.1. The van der Waals surface area contributed by atoms with Crippen molar-refractivity contribution in [3.05, 3.63) is 71.8 Å². The fraction of sp³-hybridized carbons (Fsp3) is 0.273. The van der Waals surface area contributed by atoms with Crippen molar-refractivity contribution in [1.82, 2.24) is 14.9 Å². The molecule has 1 aromatic heterocycles. The molecular formula is C22H25N3O4. The highest BCUT2D eigenvalue weighted by Gasteiger charge is 2.23. The van der Waals surface area contributed by atoms with Crippen LogP contribution in [0, 0.1) is 0 Å². The molecule has 7 nitrogen and oxygen atoms in total. The van der Waals surface area contributed by atoms with E-state index in [1.807, 2.05) is 36.9 Å². The number of benzene rings is 2. The minimum absolute atomic E-state index is 0.220. The molecule has 0 aliphatic heterocycles. The Hall–Kier alpha value is -3.48. The van der Waals surface area contributed by atoms with Gasteiger partial charge >= 0.3 is 0 Å². The van der Waals surface area contributed by atoms with Gasteiger partial charge in [-0.1, -0.05) is 0 Å². The van der Waals surface area contributed by atoms with Crippen LogP contribution >= 0.6 is 0 Å². The lowest BCUT2D eigenvalue weighted by Crippen LogP contribution is -2.31. The van der Waals surface area contributed by atoms with Crippen LogP contribution in [0.3, 0.4) is 0 Å². The molecule has 3 aromatic rings. The molecule has 0 bridgehead atoms. The number of hydrogen-bond donors (Lipinski definition) is 1. The fourth-order valence-electron chi connectivity index (χ4n) is 3.03. The van der Waals surface area contributed by atoms with Crippen molar-refractivity contribution in [2.24, 2.45) is 7.05 Å². The third kappa shape index (κ3) is 4.68. The van der Waals surface area contributed by atoms with Gasteiger partial charge in [0.25, 0.3) is 5.91 Å². The lowest BCUT2D eigenvalue weighted by atomic mass is 10.0. The van der Waals surface area contributed by atoms with Gasteiger partial charge in [0.05, 0.1) is 20.8 Å². The maximum Gasteiger partial charge on any atom is 0.252 e. The highest BCUT2D eigenvalue weighted by Crippen LogP contribution is 2.29. The van der Waals surface area contributed by atoms with Gasteiger partial charge in [-0.25, -0.2) is 4.98 Å². The highest BCUT2D eigenvalue weighted by atomic mass is 16.5. The lowest BCUT2D eigenvalue weighted by molar-refractivity contribution is 0.0941. The molecule has 0 aliphatic rings. The monoisotopic (exact) mass is 395 g/mol. The predicted octanol–water partition coefficient (Wildman–Crippen LogP) is 3.36. The van der Waals surface area contributed by atoms with Crippen LogP contribution in [-0.2, 0) is 7.05 Å². The van der Waals surface area contributed by atoms with Crippen molar-refractivity contribution >= 4 is 5.91 Å². The lowest BCUT2D eigenvalue weighted by Gasteiger charge is -2.20. The molecular weight excluding hydrogens is 370 g/mol. The summed E-state index contributed by atoms with van der Waals surface area (Å²) in [6.45, 7) is 2.49. The molecule has 29 heavy (non-hydrogen) atoms. The Morgan fingerprint density at radius 2 is 1.72 bits per heavy atom. The fourth-order valence-corrected chi connectivity index (χ4v) is 3.03. The summed E-state index contributed by atoms with van der Waals surface area (Å²) in [5.74, 6) is 2.47. The molecule has 1 atom stereocenters. The summed E-state index contributed by atoms with van der Waals surface area (Å²) >= 11 is 0. The zero-order chi connectivity index (χ0) is 20.8. The Kier molecular flexibility index (Phi) is 6.39. The molecule has 0 radical (unpaired) electrons. The maximum absolute atomic E-state index is 13.0. The maximum atomic E-state index is 13.0. The number of methoxy groups -OCH3 is 2. The van der Waals surface area contributed by atoms with E-state index in [2.05, 4.69) is 10.3 Å². The topological polar surface area (TPSA) is 74.6 Å². The van der Waals surface area contributed by atoms with Crippen molar-refractivity contribution in [2.45, 2.75) is 13.0 Å². The van der Waals surface area contributed by atoms with Crippen LogP contribution in [0.4, 0.5) is 0 Å². The van der Waals surface area contributed by atoms with Crippen LogP contribution in [0.25, 0.3) is 0 Å². The summed E-state index contributed by atoms with van der Waals surface area (Å²) in [6, 6.07) is 12.1. The third-order valence-electron chi connectivity index (χ3n) is 4.53. The first-order valence-electron chi connectivity index (χ1n) is 9.29. The number of carbonyl (C=O) groups excluding carboxylic acids is 1. The minimum Gasteiger partial charge on any atom is -0.497 e. The smallest absolute Gasteiger partial charge is 0.252 e. The average molecular weight is 395 g/mol. The summed E-state index contributed by atoms with van der Waals surface area (Å²) in [5, 5.41) is 3.07. The molecule has 3 rings (SSSR count). The summed E-state index contributed by atoms with van der Waals surface area (Å²) in [5.41, 5.74) is 1.33. The van der Waals surface area contributed by atoms with E-state index in [9.17, 15) is 4.79 Å². The van der Waals surface area contributed by atoms with E-state index in [0.717, 1.165) is 11.3 Å². The second-order valence-corrected chi connectivity index (χ2v) is 6.41. The normalized spacial score (nSPS) is 11.6. The number of nitrogens with zero attached hydrogens (tertiary/aromatic N) is 2. The van der Waals surface area contributed by atoms with Crippen LogP contribution in [0.5, 0.6) is 17.2 Å². The number of amides is 1. The number of rotatable bonds is 8. The number of aromatic nitrogens is 2. The zero-order valence-corrected chi connectivity index (χ0v) is 17.0. The van der Waals surface area contributed by atoms with E-state index < -0.39 is 6.04 Å². The Bertz CT molecular complexity index is 944. The van der Waals surface area contributed by atoms with Crippen LogP contribution in [0.15, 0.2) is 54.9 Å². The van der Waals surface area contributed by atoms with Gasteiger partial charge in [0.1, 0.15) is 29.1 Å². The van der Waals surface area contributed by atoms with E-state index >= 15 is 0 Å². The van der Waals surface area contributed by atoms with Gasteiger partial charge in [-0.15, -0.1) is 0 Å². The highest BCUT2D eigenvalue weighted by molar-refractivity contribution is 5.94. The molecule has 2 aromatic carbocycles. The van der Waals surface area contributed by atoms with E-state index in [1.165, 1.54) is 0 Å². The summed E-state index contributed by atoms with van der Waals surface area (Å²) in [4.78, 5) is 17.4. The van der Waals surface area contributed by atoms with Crippen molar-refractivity contribution in [3.63, 3.8) is 0 Å². The van der Waals surface area contributed by atoms with Crippen molar-refractivity contribution in [2.75, 3.05) is 20.8 Å². The number of hydrogen-bond acceptors (Lipinski definition) is 5. The zero-order valence-electron chi connectivity index (χ0n) is 17.0. The number of nitrogens with one attached hydrogen (secondary N) is 1. The molecule has 7 heteroatoms. The van der Waals surface area contributed by atoms with Crippen LogP contribution in [-0.4, -0.2) is 36.3 Å². The first kappa shape index (κ1) is 20.3. The molecule has 0 spiro atoms. The first-order valence-corrected chi connectivity index (χ1v) is 9.29. The van der Waals surface area contributed by atoms with Crippen LogP contribution in [0.1, 0.15) is 34.7 Å². The first-order chi connectivity index (χ1) is 14.0. The van der Waals surface area contributed by atoms with Gasteiger partial charge in [-0.05, 0) is 48.9 Å². The van der Waals surface area contributed by atoms with E-state index in [-0.39, 0.29) is 5.91 Å². The standard InChI is InChI=1S/C22H25N3O4/c1-5-29-17-8-6-15(7-9-17)22(26)24-20(21-23-10-11-25(21)2)16-12-18(27-3)14-19(13-16)28-4/h6-14,20H,5H2,1-4H3,(H,24,26). The summed E-state index contributed by atoms with van der Waals surface area (Å²) in [7, 11) is 5.06. The van der Waals surface area contributed by atoms with Gasteiger partial charge < -0.3 is 24.1 Å². The van der Waals surface area contributed by atoms with Crippen LogP contribution in [0.2, 0.25) is 0 Å². The average Bonchev–Trinajstić information content (AvgIpc) is 3.17. The number of aryl methyl sites for hydroxylation is 1. The number of imidazole rings is 1. The van der Waals surface area contributed by atoms with Crippen LogP contribution < -0.4 is 19.5 Å². The molecule has 1 heterocycles. The van der Waals surface area contributed by atoms with Crippen molar-refractivity contribution in [1.29, 1.82) is 0 Å². The molecule has 152 valence electrons. The van der Waals surface area contributed by atoms with Crippen molar-refractivity contribution < 1.29 is 19.0 Å². The third-order valence-corrected chi connectivity index (χ3v) is 4.53. The van der Waals surface area contributed by atoms with Gasteiger partial charge in [0.15, 0.2) is 0 Å². The number of carbonyl (C=O) groups is 1. The van der Waals surface area contributed by atoms with Gasteiger partial charge in [0, 0.05) is 31.1 Å². The molecule has 1 N–H and O–H groups in total. The molecule has 1 amide bonds. The van der Waals surface area contributed by atoms with E-state index in [1.54, 1.807) is 50.7 Å². The Morgan fingerprint density at radius 1 is 1.07 bits per heavy atom. The molecule has 0 saturated carbocycles. The van der Waals surface area contributed by atoms with Gasteiger partial charge in [0.2, 0.25) is 0 Å². The quantitative estimate of drug-likeness (QED) is 0.633. The SMILES string of the molecule is CCOc1ccc(C(=O)NC(c2cc(OC)cc(OC)c2)c2nccn2C)cc1. The van der Waals surface area contributed by atoms with Crippen molar-refractivity contribution in [3.8, 4) is 17.2 Å². The Balaban J connectivity index is 1.95. The van der Waals surface area contributed by atoms with Gasteiger partial charge in [-0.2, -0.15) is 0 Å². The van der Waals surface area contributed by atoms with Gasteiger partial charge in [-0.3, -0.25) is 4.79 Å². The molecule has 1 unspecified atom stereocenters. The predicted molar refractivity (Wildman–Crippen MR) is 110 cm³/mol. The Labute approximate surface area is 170 Å². The Morgan fingerprint density at radius 3 is 2.24 bits per heavy atom. The number of ether oxygens (including phenoxy) is 3. The van der Waals surface area contributed by atoms with E-state index in [0.29, 0.717) is 29.5 Å². The second-order valence-electron chi connectivity index (χ2n) is 6.41. The molecule has 0 fully saturated rings. The molecule has 0 saturated heterocycles. The summed E-state index contributed by atoms with van der Waals surface area (Å²) in [6.07, 6.45) is 3.53. The van der Waals surface area contributed by atoms with E-state index in [4.69, 9.17) is 14.2 Å². The second kappa shape index (κ2) is 9.14. The largest absolute Gasteiger partial charge is 0.497 e.